The highest BCUT2D eigenvalue weighted by Gasteiger charge is 1.93. The quantitative estimate of drug-likeness (QED) is 0.678. The van der Waals surface area contributed by atoms with E-state index in [0.717, 1.165) is 18.1 Å². The van der Waals surface area contributed by atoms with Gasteiger partial charge in [0.2, 0.25) is 0 Å². The first-order valence-corrected chi connectivity index (χ1v) is 4.92. The molecule has 0 aromatic carbocycles. The summed E-state index contributed by atoms with van der Waals surface area (Å²) in [5.74, 6) is 0.831. The van der Waals surface area contributed by atoms with E-state index in [0.29, 0.717) is 19.8 Å². The second-order valence-electron chi connectivity index (χ2n) is 3.08. The largest absolute Gasteiger partial charge is 0.382 e. The third kappa shape index (κ3) is 5.29. The maximum absolute atomic E-state index is 5.30. The van der Waals surface area contributed by atoms with E-state index < -0.39 is 0 Å². The lowest BCUT2D eigenvalue weighted by molar-refractivity contribution is 0.0759. The van der Waals surface area contributed by atoms with E-state index in [4.69, 9.17) is 9.47 Å². The lowest BCUT2D eigenvalue weighted by Crippen LogP contribution is -2.12. The average molecular weight is 211 g/mol. The summed E-state index contributed by atoms with van der Waals surface area (Å²) >= 11 is 0. The molecule has 1 aromatic rings. The molecule has 0 unspecified atom stereocenters. The maximum atomic E-state index is 5.30. The van der Waals surface area contributed by atoms with Crippen LogP contribution in [0.2, 0.25) is 0 Å². The van der Waals surface area contributed by atoms with Crippen LogP contribution in [0.4, 0.5) is 5.82 Å². The molecule has 0 aliphatic heterocycles. The fourth-order valence-corrected chi connectivity index (χ4v) is 1.05. The number of hydrogen-bond acceptors (Lipinski definition) is 5. The molecule has 0 amide bonds. The van der Waals surface area contributed by atoms with Crippen molar-refractivity contribution in [3.05, 3.63) is 18.1 Å². The van der Waals surface area contributed by atoms with Gasteiger partial charge in [0.25, 0.3) is 0 Å². The van der Waals surface area contributed by atoms with Gasteiger partial charge in [-0.1, -0.05) is 0 Å². The third-order valence-corrected chi connectivity index (χ3v) is 1.79. The van der Waals surface area contributed by atoms with Gasteiger partial charge in [0.1, 0.15) is 12.1 Å². The second-order valence-corrected chi connectivity index (χ2v) is 3.08. The van der Waals surface area contributed by atoms with Crippen LogP contribution in [0.3, 0.4) is 0 Å². The van der Waals surface area contributed by atoms with E-state index in [1.165, 1.54) is 0 Å². The molecule has 0 atom stereocenters. The van der Waals surface area contributed by atoms with Crippen molar-refractivity contribution < 1.29 is 9.47 Å². The van der Waals surface area contributed by atoms with Crippen LogP contribution in [0.5, 0.6) is 0 Å². The van der Waals surface area contributed by atoms with Crippen LogP contribution in [-0.2, 0) is 9.47 Å². The van der Waals surface area contributed by atoms with Crippen LogP contribution >= 0.6 is 0 Å². The zero-order valence-corrected chi connectivity index (χ0v) is 9.19. The van der Waals surface area contributed by atoms with Crippen molar-refractivity contribution >= 4 is 5.82 Å². The molecule has 0 radical (unpaired) electrons. The Kier molecular flexibility index (Phi) is 5.65. The van der Waals surface area contributed by atoms with Crippen LogP contribution in [0.25, 0.3) is 0 Å². The van der Waals surface area contributed by atoms with Gasteiger partial charge in [0.05, 0.1) is 19.8 Å². The Hall–Kier alpha value is -1.20. The van der Waals surface area contributed by atoms with E-state index in [1.807, 2.05) is 13.0 Å². The molecule has 0 saturated carbocycles. The normalized spacial score (nSPS) is 10.3. The summed E-state index contributed by atoms with van der Waals surface area (Å²) in [5.41, 5.74) is 0.952. The monoisotopic (exact) mass is 211 g/mol. The lowest BCUT2D eigenvalue weighted by Gasteiger charge is -2.06. The van der Waals surface area contributed by atoms with Crippen molar-refractivity contribution in [2.75, 3.05) is 38.8 Å². The fraction of sp³-hybridized carbons (Fsp3) is 0.600. The molecule has 0 spiro atoms. The van der Waals surface area contributed by atoms with Crippen LogP contribution < -0.4 is 5.32 Å². The van der Waals surface area contributed by atoms with Crippen molar-refractivity contribution in [3.8, 4) is 0 Å². The summed E-state index contributed by atoms with van der Waals surface area (Å²) in [4.78, 5) is 8.08. The third-order valence-electron chi connectivity index (χ3n) is 1.79. The minimum Gasteiger partial charge on any atom is -0.382 e. The summed E-state index contributed by atoms with van der Waals surface area (Å²) in [7, 11) is 1.66. The molecular weight excluding hydrogens is 194 g/mol. The minimum atomic E-state index is 0.626. The predicted octanol–water partition coefficient (Wildman–Crippen LogP) is 0.860. The van der Waals surface area contributed by atoms with Gasteiger partial charge in [-0.05, 0) is 6.92 Å². The maximum Gasteiger partial charge on any atom is 0.129 e. The molecule has 5 heteroatoms. The van der Waals surface area contributed by atoms with E-state index in [2.05, 4.69) is 15.3 Å². The van der Waals surface area contributed by atoms with Gasteiger partial charge >= 0.3 is 0 Å². The molecule has 0 fully saturated rings. The van der Waals surface area contributed by atoms with E-state index >= 15 is 0 Å². The van der Waals surface area contributed by atoms with Gasteiger partial charge in [-0.2, -0.15) is 0 Å². The first kappa shape index (κ1) is 11.9. The van der Waals surface area contributed by atoms with Gasteiger partial charge in [0.15, 0.2) is 0 Å². The molecule has 15 heavy (non-hydrogen) atoms. The van der Waals surface area contributed by atoms with Crippen molar-refractivity contribution in [1.29, 1.82) is 0 Å². The molecule has 0 saturated heterocycles. The molecular formula is C10H17N3O2. The van der Waals surface area contributed by atoms with Gasteiger partial charge in [0, 0.05) is 25.4 Å². The molecule has 0 aliphatic carbocycles. The number of aryl methyl sites for hydroxylation is 1. The number of rotatable bonds is 7. The molecule has 0 bridgehead atoms. The van der Waals surface area contributed by atoms with Crippen LogP contribution in [0.1, 0.15) is 5.69 Å². The Morgan fingerprint density at radius 3 is 2.87 bits per heavy atom. The van der Waals surface area contributed by atoms with Gasteiger partial charge in [-0.25, -0.2) is 9.97 Å². The number of nitrogens with one attached hydrogen (secondary N) is 1. The molecule has 1 rings (SSSR count). The molecule has 84 valence electrons. The van der Waals surface area contributed by atoms with Crippen LogP contribution in [0, 0.1) is 6.92 Å². The Morgan fingerprint density at radius 2 is 2.13 bits per heavy atom. The van der Waals surface area contributed by atoms with E-state index in [-0.39, 0.29) is 0 Å². The van der Waals surface area contributed by atoms with Crippen molar-refractivity contribution in [2.45, 2.75) is 6.92 Å². The summed E-state index contributed by atoms with van der Waals surface area (Å²) in [6.07, 6.45) is 1.55. The molecule has 1 N–H and O–H groups in total. The summed E-state index contributed by atoms with van der Waals surface area (Å²) in [5, 5.41) is 3.15. The van der Waals surface area contributed by atoms with E-state index in [9.17, 15) is 0 Å². The number of aromatic nitrogens is 2. The van der Waals surface area contributed by atoms with Crippen molar-refractivity contribution in [1.82, 2.24) is 9.97 Å². The fourth-order valence-electron chi connectivity index (χ4n) is 1.05. The van der Waals surface area contributed by atoms with Crippen molar-refractivity contribution in [3.63, 3.8) is 0 Å². The second kappa shape index (κ2) is 7.14. The predicted molar refractivity (Wildman–Crippen MR) is 58.0 cm³/mol. The number of methoxy groups -OCH3 is 1. The highest BCUT2D eigenvalue weighted by atomic mass is 16.5. The van der Waals surface area contributed by atoms with Gasteiger partial charge in [-0.15, -0.1) is 0 Å². The number of ether oxygens (including phenoxy) is 2. The number of hydrogen-bond donors (Lipinski definition) is 1. The number of nitrogens with zero attached hydrogens (tertiary/aromatic N) is 2. The molecule has 5 nitrogen and oxygen atoms in total. The SMILES string of the molecule is COCCOCCNc1cc(C)ncn1. The summed E-state index contributed by atoms with van der Waals surface area (Å²) in [6.45, 7) is 4.57. The summed E-state index contributed by atoms with van der Waals surface area (Å²) in [6, 6.07) is 1.90. The standard InChI is InChI=1S/C10H17N3O2/c1-9-7-10(13-8-12-9)11-3-4-15-6-5-14-2/h7-8H,3-6H2,1-2H3,(H,11,12,13). The first-order valence-electron chi connectivity index (χ1n) is 4.92. The Balaban J connectivity index is 2.10. The van der Waals surface area contributed by atoms with Crippen LogP contribution in [0.15, 0.2) is 12.4 Å². The molecule has 0 aliphatic rings. The van der Waals surface area contributed by atoms with Crippen molar-refractivity contribution in [2.24, 2.45) is 0 Å². The molecule has 1 heterocycles. The Morgan fingerprint density at radius 1 is 1.27 bits per heavy atom. The summed E-state index contributed by atoms with van der Waals surface area (Å²) < 4.78 is 10.2. The molecule has 1 aromatic heterocycles. The topological polar surface area (TPSA) is 56.3 Å². The number of anilines is 1. The van der Waals surface area contributed by atoms with Gasteiger partial charge in [-0.3, -0.25) is 0 Å². The smallest absolute Gasteiger partial charge is 0.129 e. The zero-order chi connectivity index (χ0) is 10.9. The zero-order valence-electron chi connectivity index (χ0n) is 9.19. The van der Waals surface area contributed by atoms with Gasteiger partial charge < -0.3 is 14.8 Å². The average Bonchev–Trinajstić information content (AvgIpc) is 2.23. The highest BCUT2D eigenvalue weighted by Crippen LogP contribution is 2.01. The minimum absolute atomic E-state index is 0.626. The van der Waals surface area contributed by atoms with Crippen LogP contribution in [-0.4, -0.2) is 43.4 Å². The Labute approximate surface area is 89.8 Å². The highest BCUT2D eigenvalue weighted by molar-refractivity contribution is 5.34. The lowest BCUT2D eigenvalue weighted by atomic mass is 10.4. The first-order chi connectivity index (χ1) is 7.33. The Bertz CT molecular complexity index is 281. The van der Waals surface area contributed by atoms with E-state index in [1.54, 1.807) is 13.4 Å².